The van der Waals surface area contributed by atoms with Gasteiger partial charge in [-0.3, -0.25) is 14.4 Å². The van der Waals surface area contributed by atoms with E-state index in [0.29, 0.717) is 25.7 Å². The maximum absolute atomic E-state index is 12.8. The molecule has 0 aromatic carbocycles. The summed E-state index contributed by atoms with van der Waals surface area (Å²) in [5.41, 5.74) is 0. The van der Waals surface area contributed by atoms with Gasteiger partial charge in [-0.1, -0.05) is 251 Å². The highest BCUT2D eigenvalue weighted by Gasteiger charge is 2.19. The first kappa shape index (κ1) is 68.6. The van der Waals surface area contributed by atoms with Gasteiger partial charge in [0.15, 0.2) is 6.10 Å². The number of ether oxygens (including phenoxy) is 3. The number of allylic oxidation sites excluding steroid dienone is 22. The molecule has 412 valence electrons. The molecule has 0 heterocycles. The lowest BCUT2D eigenvalue weighted by Gasteiger charge is -2.18. The van der Waals surface area contributed by atoms with Crippen LogP contribution in [0.5, 0.6) is 0 Å². The van der Waals surface area contributed by atoms with Gasteiger partial charge in [0, 0.05) is 19.3 Å². The van der Waals surface area contributed by atoms with Crippen molar-refractivity contribution in [2.24, 2.45) is 0 Å². The number of hydrogen-bond acceptors (Lipinski definition) is 6. The number of carbonyl (C=O) groups excluding carboxylic acids is 3. The van der Waals surface area contributed by atoms with Gasteiger partial charge in [-0.05, 0) is 116 Å². The Hall–Kier alpha value is -4.45. The molecule has 0 aliphatic carbocycles. The molecule has 1 atom stereocenters. The second kappa shape index (κ2) is 60.1. The molecule has 6 heteroatoms. The minimum atomic E-state index is -0.808. The molecular weight excluding hydrogens is 901 g/mol. The molecule has 6 nitrogen and oxygen atoms in total. The van der Waals surface area contributed by atoms with Gasteiger partial charge in [-0.2, -0.15) is 0 Å². The molecule has 0 amide bonds. The number of esters is 3. The average molecular weight is 1010 g/mol. The zero-order valence-corrected chi connectivity index (χ0v) is 47.1. The van der Waals surface area contributed by atoms with Gasteiger partial charge in [0.25, 0.3) is 0 Å². The normalized spacial score (nSPS) is 13.1. The summed E-state index contributed by atoms with van der Waals surface area (Å²) in [6, 6.07) is 0. The second-order valence-electron chi connectivity index (χ2n) is 19.1. The van der Waals surface area contributed by atoms with Crippen LogP contribution in [0.1, 0.15) is 252 Å². The molecule has 0 aromatic rings. The van der Waals surface area contributed by atoms with Crippen molar-refractivity contribution in [3.63, 3.8) is 0 Å². The third-order valence-electron chi connectivity index (χ3n) is 12.2. The van der Waals surface area contributed by atoms with Crippen molar-refractivity contribution in [3.05, 3.63) is 134 Å². The van der Waals surface area contributed by atoms with Crippen molar-refractivity contribution in [1.82, 2.24) is 0 Å². The van der Waals surface area contributed by atoms with Crippen LogP contribution in [0.25, 0.3) is 0 Å². The summed E-state index contributed by atoms with van der Waals surface area (Å²) in [6.07, 6.45) is 84.5. The Labute approximate surface area is 449 Å². The predicted molar refractivity (Wildman–Crippen MR) is 316 cm³/mol. The summed E-state index contributed by atoms with van der Waals surface area (Å²) >= 11 is 0. The Kier molecular flexibility index (Phi) is 56.4. The predicted octanol–water partition coefficient (Wildman–Crippen LogP) is 20.2. The zero-order chi connectivity index (χ0) is 52.9. The Morgan fingerprint density at radius 3 is 0.863 bits per heavy atom. The second-order valence-corrected chi connectivity index (χ2v) is 19.1. The SMILES string of the molecule is CC/C=C\C/C=C\C/C=C\C/C=C\C/C=C\C/C=C\C/C=C\C/C=C\CCCCC(=O)OCC(COC(=O)CCCCCCCCCCCCCCC)OC(=O)CCCCCCC/C=C\C/C=C\C/C=C\CC. The van der Waals surface area contributed by atoms with Crippen LogP contribution in [0.4, 0.5) is 0 Å². The van der Waals surface area contributed by atoms with E-state index in [2.05, 4.69) is 154 Å². The van der Waals surface area contributed by atoms with E-state index in [4.69, 9.17) is 14.2 Å². The zero-order valence-electron chi connectivity index (χ0n) is 47.1. The molecule has 0 aliphatic rings. The molecule has 0 bridgehead atoms. The summed E-state index contributed by atoms with van der Waals surface area (Å²) in [5, 5.41) is 0. The first-order chi connectivity index (χ1) is 36.0. The van der Waals surface area contributed by atoms with Crippen molar-refractivity contribution in [3.8, 4) is 0 Å². The lowest BCUT2D eigenvalue weighted by molar-refractivity contribution is -0.167. The van der Waals surface area contributed by atoms with E-state index >= 15 is 0 Å². The van der Waals surface area contributed by atoms with E-state index in [1.165, 1.54) is 64.2 Å². The fraction of sp³-hybridized carbons (Fsp3) is 0.627. The number of unbranched alkanes of at least 4 members (excludes halogenated alkanes) is 19. The van der Waals surface area contributed by atoms with Crippen LogP contribution in [0.3, 0.4) is 0 Å². The van der Waals surface area contributed by atoms with Crippen LogP contribution >= 0.6 is 0 Å². The maximum atomic E-state index is 12.8. The molecule has 0 rings (SSSR count). The number of rotatable bonds is 52. The van der Waals surface area contributed by atoms with Crippen molar-refractivity contribution < 1.29 is 28.6 Å². The highest BCUT2D eigenvalue weighted by molar-refractivity contribution is 5.71. The van der Waals surface area contributed by atoms with Crippen LogP contribution in [-0.4, -0.2) is 37.2 Å². The smallest absolute Gasteiger partial charge is 0.306 e. The van der Waals surface area contributed by atoms with E-state index in [0.717, 1.165) is 141 Å². The van der Waals surface area contributed by atoms with Crippen molar-refractivity contribution >= 4 is 17.9 Å². The minimum Gasteiger partial charge on any atom is -0.462 e. The first-order valence-corrected chi connectivity index (χ1v) is 29.7. The molecule has 0 radical (unpaired) electrons. The van der Waals surface area contributed by atoms with Crippen molar-refractivity contribution in [2.75, 3.05) is 13.2 Å². The lowest BCUT2D eigenvalue weighted by atomic mass is 10.0. The monoisotopic (exact) mass is 1010 g/mol. The van der Waals surface area contributed by atoms with Gasteiger partial charge in [0.05, 0.1) is 0 Å². The molecule has 0 aliphatic heterocycles. The largest absolute Gasteiger partial charge is 0.462 e. The molecule has 0 aromatic heterocycles. The fourth-order valence-electron chi connectivity index (χ4n) is 7.77. The van der Waals surface area contributed by atoms with E-state index < -0.39 is 6.10 Å². The first-order valence-electron chi connectivity index (χ1n) is 29.7. The van der Waals surface area contributed by atoms with Gasteiger partial charge >= 0.3 is 17.9 Å². The Morgan fingerprint density at radius 1 is 0.288 bits per heavy atom. The van der Waals surface area contributed by atoms with E-state index in [1.54, 1.807) is 0 Å². The molecule has 0 spiro atoms. The highest BCUT2D eigenvalue weighted by atomic mass is 16.6. The minimum absolute atomic E-state index is 0.101. The highest BCUT2D eigenvalue weighted by Crippen LogP contribution is 2.15. The van der Waals surface area contributed by atoms with Crippen LogP contribution in [0.15, 0.2) is 134 Å². The van der Waals surface area contributed by atoms with E-state index in [9.17, 15) is 14.4 Å². The number of carbonyl (C=O) groups is 3. The van der Waals surface area contributed by atoms with Crippen LogP contribution in [0, 0.1) is 0 Å². The van der Waals surface area contributed by atoms with Gasteiger partial charge < -0.3 is 14.2 Å². The molecule has 73 heavy (non-hydrogen) atoms. The standard InChI is InChI=1S/C67H108O6/c1-4-7-10-13-16-19-22-25-27-28-29-30-31-32-33-34-35-36-37-38-40-42-45-48-51-54-57-60-66(69)72-63-64(62-71-65(68)59-56-53-50-47-44-41-24-21-18-15-12-9-6-3)73-67(70)61-58-55-52-49-46-43-39-26-23-20-17-14-11-8-5-2/h7-8,10-11,16-17,19-20,25-27,29-30,32-33,35-36,38-40,45,48,64H,4-6,9,12-15,18,21-24,28,31,34,37,41-44,46-47,49-63H2,1-3H3/b10-7-,11-8-,19-16-,20-17-,27-25-,30-29-,33-32-,36-35-,39-26-,40-38-,48-45-. The third-order valence-corrected chi connectivity index (χ3v) is 12.2. The van der Waals surface area contributed by atoms with Crippen LogP contribution in [-0.2, 0) is 28.6 Å². The topological polar surface area (TPSA) is 78.9 Å². The van der Waals surface area contributed by atoms with E-state index in [-0.39, 0.29) is 31.1 Å². The Balaban J connectivity index is 4.44. The molecule has 0 fully saturated rings. The van der Waals surface area contributed by atoms with Gasteiger partial charge in [-0.25, -0.2) is 0 Å². The Bertz CT molecular complexity index is 1580. The van der Waals surface area contributed by atoms with E-state index in [1.807, 2.05) is 0 Å². The van der Waals surface area contributed by atoms with Gasteiger partial charge in [0.2, 0.25) is 0 Å². The van der Waals surface area contributed by atoms with Crippen LogP contribution in [0.2, 0.25) is 0 Å². The van der Waals surface area contributed by atoms with Crippen LogP contribution < -0.4 is 0 Å². The maximum Gasteiger partial charge on any atom is 0.306 e. The summed E-state index contributed by atoms with van der Waals surface area (Å²) in [7, 11) is 0. The molecule has 0 N–H and O–H groups in total. The fourth-order valence-corrected chi connectivity index (χ4v) is 7.77. The quantitative estimate of drug-likeness (QED) is 0.0261. The molecule has 0 saturated heterocycles. The van der Waals surface area contributed by atoms with Crippen molar-refractivity contribution in [2.45, 2.75) is 258 Å². The molecular formula is C67H108O6. The third kappa shape index (κ3) is 58.3. The van der Waals surface area contributed by atoms with Crippen molar-refractivity contribution in [1.29, 1.82) is 0 Å². The van der Waals surface area contributed by atoms with Gasteiger partial charge in [0.1, 0.15) is 13.2 Å². The summed E-state index contributed by atoms with van der Waals surface area (Å²) in [6.45, 7) is 6.36. The molecule has 1 unspecified atom stereocenters. The summed E-state index contributed by atoms with van der Waals surface area (Å²) in [5.74, 6) is -0.966. The lowest BCUT2D eigenvalue weighted by Crippen LogP contribution is -2.30. The molecule has 0 saturated carbocycles. The van der Waals surface area contributed by atoms with Gasteiger partial charge in [-0.15, -0.1) is 0 Å². The summed E-state index contributed by atoms with van der Waals surface area (Å²) < 4.78 is 16.8. The Morgan fingerprint density at radius 2 is 0.534 bits per heavy atom. The number of hydrogen-bond donors (Lipinski definition) is 0. The average Bonchev–Trinajstić information content (AvgIpc) is 3.39. The summed E-state index contributed by atoms with van der Waals surface area (Å²) in [4.78, 5) is 38.2.